The molecule has 11 nitrogen and oxygen atoms in total. The molecule has 0 bridgehead atoms. The minimum atomic E-state index is -4.33. The molecular weight excluding hydrogens is 524 g/mol. The van der Waals surface area contributed by atoms with Crippen molar-refractivity contribution in [3.63, 3.8) is 0 Å². The molecule has 0 saturated heterocycles. The molecule has 1 saturated carbocycles. The van der Waals surface area contributed by atoms with Gasteiger partial charge in [0.2, 0.25) is 10.0 Å². The number of rotatable bonds is 13. The molecule has 1 amide bonds. The number of nitrogens with zero attached hydrogens (tertiary/aromatic N) is 1. The first-order valence-corrected chi connectivity index (χ1v) is 14.3. The van der Waals surface area contributed by atoms with Crippen LogP contribution in [0, 0.1) is 5.92 Å². The Morgan fingerprint density at radius 2 is 1.87 bits per heavy atom. The highest BCUT2D eigenvalue weighted by atomic mass is 32.2. The topological polar surface area (TPSA) is 162 Å². The van der Waals surface area contributed by atoms with Gasteiger partial charge in [0.05, 0.1) is 30.6 Å². The summed E-state index contributed by atoms with van der Waals surface area (Å²) in [7, 11) is -4.33. The molecule has 6 N–H and O–H groups in total. The third-order valence-electron chi connectivity index (χ3n) is 5.94. The zero-order valence-corrected chi connectivity index (χ0v) is 23.2. The number of alkyl carbamates (subject to hydrolysis) is 1. The number of carbonyl (C=O) groups is 1. The molecule has 0 unspecified atom stereocenters. The molecule has 1 fully saturated rings. The van der Waals surface area contributed by atoms with E-state index in [2.05, 4.69) is 20.9 Å². The summed E-state index contributed by atoms with van der Waals surface area (Å²) in [6.45, 7) is 5.90. The van der Waals surface area contributed by atoms with E-state index in [1.165, 1.54) is 6.07 Å². The number of anilines is 2. The van der Waals surface area contributed by atoms with Crippen molar-refractivity contribution in [2.24, 2.45) is 5.92 Å². The van der Waals surface area contributed by atoms with Crippen molar-refractivity contribution in [2.75, 3.05) is 23.7 Å². The predicted molar refractivity (Wildman–Crippen MR) is 140 cm³/mol. The van der Waals surface area contributed by atoms with E-state index >= 15 is 0 Å². The van der Waals surface area contributed by atoms with E-state index in [9.17, 15) is 32.2 Å². The van der Waals surface area contributed by atoms with Crippen molar-refractivity contribution in [3.8, 4) is 0 Å². The van der Waals surface area contributed by atoms with Crippen LogP contribution in [0.3, 0.4) is 0 Å². The molecule has 38 heavy (non-hydrogen) atoms. The highest BCUT2D eigenvalue weighted by Gasteiger charge is 2.33. The number of sulfonamides is 1. The first-order valence-electron chi connectivity index (χ1n) is 12.8. The van der Waals surface area contributed by atoms with Gasteiger partial charge < -0.3 is 30.9 Å². The van der Waals surface area contributed by atoms with Crippen molar-refractivity contribution >= 4 is 27.6 Å². The number of aliphatic hydroxyl groups is 2. The summed E-state index contributed by atoms with van der Waals surface area (Å²) in [5.74, 6) is 0.0669. The number of carbonyl (C=O) groups excluding carboxylic acids is 1. The average molecular weight is 566 g/mol. The van der Waals surface area contributed by atoms with Gasteiger partial charge >= 0.3 is 6.09 Å². The van der Waals surface area contributed by atoms with Crippen molar-refractivity contribution in [3.05, 3.63) is 12.3 Å². The first kappa shape index (κ1) is 31.9. The zero-order valence-electron chi connectivity index (χ0n) is 22.3. The summed E-state index contributed by atoms with van der Waals surface area (Å²) in [6, 6.07) is 0.614. The van der Waals surface area contributed by atoms with Crippen LogP contribution in [0.15, 0.2) is 17.2 Å². The Bertz CT molecular complexity index is 1000. The molecule has 1 aromatic heterocycles. The van der Waals surface area contributed by atoms with Gasteiger partial charge in [-0.2, -0.15) is 0 Å². The number of alkyl halides is 2. The lowest BCUT2D eigenvalue weighted by molar-refractivity contribution is 0.0366. The quantitative estimate of drug-likeness (QED) is 0.197. The minimum absolute atomic E-state index is 0.0272. The van der Waals surface area contributed by atoms with Crippen LogP contribution in [0.4, 0.5) is 25.1 Å². The monoisotopic (exact) mass is 565 g/mol. The molecule has 3 atom stereocenters. The van der Waals surface area contributed by atoms with Crippen LogP contribution in [0.1, 0.15) is 66.2 Å². The van der Waals surface area contributed by atoms with Gasteiger partial charge in [-0.15, -0.1) is 0 Å². The lowest BCUT2D eigenvalue weighted by Gasteiger charge is -2.35. The molecule has 0 spiro atoms. The Labute approximate surface area is 223 Å². The van der Waals surface area contributed by atoms with E-state index in [0.717, 1.165) is 38.3 Å². The van der Waals surface area contributed by atoms with E-state index in [0.29, 0.717) is 6.42 Å². The second-order valence-electron chi connectivity index (χ2n) is 10.5. The van der Waals surface area contributed by atoms with Gasteiger partial charge in [-0.05, 0) is 52.9 Å². The number of hydrogen-bond acceptors (Lipinski definition) is 9. The largest absolute Gasteiger partial charge is 0.444 e. The second-order valence-corrected chi connectivity index (χ2v) is 12.3. The van der Waals surface area contributed by atoms with Crippen molar-refractivity contribution in [1.82, 2.24) is 15.0 Å². The fourth-order valence-electron chi connectivity index (χ4n) is 4.17. The maximum absolute atomic E-state index is 12.6. The molecule has 0 radical (unpaired) electrons. The molecule has 1 aromatic rings. The zero-order chi connectivity index (χ0) is 28.5. The van der Waals surface area contributed by atoms with Crippen molar-refractivity contribution in [2.45, 2.75) is 102 Å². The minimum Gasteiger partial charge on any atom is -0.444 e. The van der Waals surface area contributed by atoms with Gasteiger partial charge in [-0.25, -0.2) is 31.7 Å². The molecule has 1 aliphatic rings. The van der Waals surface area contributed by atoms with Gasteiger partial charge in [0.1, 0.15) is 22.5 Å². The maximum Gasteiger partial charge on any atom is 0.408 e. The summed E-state index contributed by atoms with van der Waals surface area (Å²) < 4.78 is 57.7. The third kappa shape index (κ3) is 10.8. The normalized spacial score (nSPS) is 17.5. The molecular formula is C24H41F2N5O6S. The fourth-order valence-corrected chi connectivity index (χ4v) is 5.29. The predicted octanol–water partition coefficient (Wildman–Crippen LogP) is 3.01. The van der Waals surface area contributed by atoms with Crippen LogP contribution in [0.25, 0.3) is 0 Å². The average Bonchev–Trinajstić information content (AvgIpc) is 2.80. The molecule has 1 heterocycles. The molecule has 1 aliphatic carbocycles. The summed E-state index contributed by atoms with van der Waals surface area (Å²) in [5.41, 5.74) is -0.681. The number of ether oxygens (including phenoxy) is 1. The Morgan fingerprint density at radius 1 is 1.21 bits per heavy atom. The molecule has 0 aromatic carbocycles. The van der Waals surface area contributed by atoms with Gasteiger partial charge in [-0.3, -0.25) is 0 Å². The Morgan fingerprint density at radius 3 is 2.45 bits per heavy atom. The van der Waals surface area contributed by atoms with Gasteiger partial charge in [0.25, 0.3) is 6.43 Å². The Kier molecular flexibility index (Phi) is 11.9. The van der Waals surface area contributed by atoms with Crippen molar-refractivity contribution < 1.29 is 36.9 Å². The summed E-state index contributed by atoms with van der Waals surface area (Å²) in [5, 5.41) is 29.1. The van der Waals surface area contributed by atoms with E-state index in [4.69, 9.17) is 4.74 Å². The van der Waals surface area contributed by atoms with Gasteiger partial charge in [0, 0.05) is 12.6 Å². The molecule has 0 aliphatic heterocycles. The lowest BCUT2D eigenvalue weighted by Crippen LogP contribution is -2.52. The maximum atomic E-state index is 12.6. The third-order valence-corrected chi connectivity index (χ3v) is 7.39. The number of amides is 1. The standard InChI is InChI=1S/C24H41F2N5O6S/c1-15(32)10-11-27-17-12-20(28-13-18(17)38(35,36)29-14-19(25)26)30-22(33)21(16-8-6-5-7-9-16)31-23(34)37-24(2,3)4/h12-13,15-16,19,21-22,29,32-33H,5-11,14H2,1-4H3,(H,31,34)(H2,27,28,30)/t15-,21-,22-/m0/s1. The number of hydrogen-bond donors (Lipinski definition) is 6. The highest BCUT2D eigenvalue weighted by Crippen LogP contribution is 2.29. The van der Waals surface area contributed by atoms with Gasteiger partial charge in [-0.1, -0.05) is 19.3 Å². The summed E-state index contributed by atoms with van der Waals surface area (Å²) in [6.07, 6.45) is 0.360. The van der Waals surface area contributed by atoms with E-state index in [1.54, 1.807) is 27.7 Å². The van der Waals surface area contributed by atoms with E-state index in [-0.39, 0.29) is 28.9 Å². The number of aliphatic hydroxyl groups excluding tert-OH is 2. The highest BCUT2D eigenvalue weighted by molar-refractivity contribution is 7.89. The van der Waals surface area contributed by atoms with Crippen LogP contribution < -0.4 is 20.7 Å². The smallest absolute Gasteiger partial charge is 0.408 e. The van der Waals surface area contributed by atoms with Crippen LogP contribution in [-0.2, 0) is 14.8 Å². The number of pyridine rings is 1. The van der Waals surface area contributed by atoms with Crippen LogP contribution in [0.5, 0.6) is 0 Å². The van der Waals surface area contributed by atoms with Crippen molar-refractivity contribution in [1.29, 1.82) is 0 Å². The first-order chi connectivity index (χ1) is 17.7. The second kappa shape index (κ2) is 14.2. The summed E-state index contributed by atoms with van der Waals surface area (Å²) >= 11 is 0. The molecule has 14 heteroatoms. The number of halogens is 2. The van der Waals surface area contributed by atoms with Crippen LogP contribution >= 0.6 is 0 Å². The summed E-state index contributed by atoms with van der Waals surface area (Å²) in [4.78, 5) is 16.2. The Hall–Kier alpha value is -2.29. The van der Waals surface area contributed by atoms with Gasteiger partial charge in [0.15, 0.2) is 0 Å². The lowest BCUT2D eigenvalue weighted by atomic mass is 9.83. The van der Waals surface area contributed by atoms with E-state index < -0.39 is 53.1 Å². The van der Waals surface area contributed by atoms with Crippen LogP contribution in [-0.4, -0.2) is 73.2 Å². The SMILES string of the molecule is C[C@H](O)CCNc1cc(N[C@@H](O)[C@@H](NC(=O)OC(C)(C)C)C2CCCCC2)ncc1S(=O)(=O)NCC(F)F. The molecule has 218 valence electrons. The number of nitrogens with one attached hydrogen (secondary N) is 4. The Balaban J connectivity index is 2.29. The fraction of sp³-hybridized carbons (Fsp3) is 0.750. The van der Waals surface area contributed by atoms with E-state index in [1.807, 2.05) is 4.72 Å². The van der Waals surface area contributed by atoms with Crippen LogP contribution in [0.2, 0.25) is 0 Å². The number of aromatic nitrogens is 1. The molecule has 2 rings (SSSR count).